The van der Waals surface area contributed by atoms with Crippen LogP contribution in [0.5, 0.6) is 0 Å². The Kier molecular flexibility index (Phi) is 8.88. The van der Waals surface area contributed by atoms with Crippen LogP contribution in [0, 0.1) is 0 Å². The summed E-state index contributed by atoms with van der Waals surface area (Å²) in [5, 5.41) is 0. The van der Waals surface area contributed by atoms with Crippen LogP contribution < -0.4 is 4.90 Å². The molecule has 0 spiro atoms. The normalized spacial score (nSPS) is 13.5. The van der Waals surface area contributed by atoms with E-state index in [1.54, 1.807) is 6.92 Å². The summed E-state index contributed by atoms with van der Waals surface area (Å²) in [5.41, 5.74) is 1.37. The molecule has 0 bridgehead atoms. The van der Waals surface area contributed by atoms with Crippen LogP contribution in [-0.2, 0) is 13.0 Å². The van der Waals surface area contributed by atoms with Gasteiger partial charge in [-0.15, -0.1) is 0 Å². The molecule has 27 heavy (non-hydrogen) atoms. The van der Waals surface area contributed by atoms with E-state index in [2.05, 4.69) is 52.8 Å². The van der Waals surface area contributed by atoms with Crippen LogP contribution in [0.2, 0.25) is 39.3 Å². The predicted octanol–water partition coefficient (Wildman–Crippen LogP) is 5.23. The van der Waals surface area contributed by atoms with Crippen molar-refractivity contribution in [2.24, 2.45) is 0 Å². The van der Waals surface area contributed by atoms with Gasteiger partial charge in [0.1, 0.15) is 0 Å². The van der Waals surface area contributed by atoms with Crippen LogP contribution >= 0.6 is 0 Å². The second-order valence-electron chi connectivity index (χ2n) is 8.98. The third kappa shape index (κ3) is 8.27. The largest absolute Gasteiger partial charge is 0.438 e. The molecular weight excluding hydrogens is 386 g/mol. The minimum absolute atomic E-state index is 0.0458. The summed E-state index contributed by atoms with van der Waals surface area (Å²) in [6.07, 6.45) is 1.82. The van der Waals surface area contributed by atoms with E-state index >= 15 is 0 Å². The molecule has 0 heterocycles. The zero-order valence-corrected chi connectivity index (χ0v) is 21.5. The lowest BCUT2D eigenvalue weighted by molar-refractivity contribution is -0.115. The highest BCUT2D eigenvalue weighted by Gasteiger charge is 2.40. The summed E-state index contributed by atoms with van der Waals surface area (Å²) in [5.74, 6) is -0.0458. The average molecular weight is 424 g/mol. The van der Waals surface area contributed by atoms with E-state index in [1.165, 1.54) is 0 Å². The molecule has 0 aliphatic heterocycles. The smallest absolute Gasteiger partial charge is 0.324 e. The topological polar surface area (TPSA) is 38.8 Å². The molecule has 1 rings (SSSR count). The maximum Gasteiger partial charge on any atom is 0.324 e. The van der Waals surface area contributed by atoms with Crippen molar-refractivity contribution in [1.82, 2.24) is 0 Å². The molecule has 1 amide bonds. The van der Waals surface area contributed by atoms with Gasteiger partial charge in [-0.1, -0.05) is 38.1 Å². The highest BCUT2D eigenvalue weighted by molar-refractivity contribution is 6.81. The molecule has 0 saturated heterocycles. The Morgan fingerprint density at radius 2 is 1.56 bits per heavy atom. The maximum absolute atomic E-state index is 13.2. The summed E-state index contributed by atoms with van der Waals surface area (Å²) >= 11 is 0. The molecule has 152 valence electrons. The van der Waals surface area contributed by atoms with Crippen molar-refractivity contribution in [2.45, 2.75) is 71.6 Å². The number of hydrogen-bond acceptors (Lipinski definition) is 3. The van der Waals surface area contributed by atoms with Gasteiger partial charge in [0.2, 0.25) is 0 Å². The highest BCUT2D eigenvalue weighted by atomic mass is 28.4. The Bertz CT molecular complexity index is 608. The lowest BCUT2D eigenvalue weighted by Crippen LogP contribution is -2.58. The van der Waals surface area contributed by atoms with Gasteiger partial charge >= 0.3 is 9.28 Å². The number of benzene rings is 1. The van der Waals surface area contributed by atoms with Crippen LogP contribution in [-0.4, -0.2) is 37.5 Å². The van der Waals surface area contributed by atoms with E-state index < -0.39 is 25.9 Å². The second-order valence-corrected chi connectivity index (χ2v) is 20.8. The van der Waals surface area contributed by atoms with Gasteiger partial charge in [-0.3, -0.25) is 4.79 Å². The van der Waals surface area contributed by atoms with Crippen LogP contribution in [0.25, 0.3) is 0 Å². The summed E-state index contributed by atoms with van der Waals surface area (Å²) in [6.45, 7) is 21.0. The molecule has 0 aromatic heterocycles. The summed E-state index contributed by atoms with van der Waals surface area (Å²) < 4.78 is 13.3. The van der Waals surface area contributed by atoms with Gasteiger partial charge in [-0.2, -0.15) is 0 Å². The molecule has 4 nitrogen and oxygen atoms in total. The van der Waals surface area contributed by atoms with Gasteiger partial charge in [-0.05, 0) is 64.8 Å². The summed E-state index contributed by atoms with van der Waals surface area (Å²) in [7, 11) is -5.80. The first-order valence-corrected chi connectivity index (χ1v) is 18.2. The summed E-state index contributed by atoms with van der Waals surface area (Å²) in [6, 6.07) is 9.86. The number of anilines is 1. The van der Waals surface area contributed by atoms with E-state index in [0.717, 1.165) is 18.5 Å². The van der Waals surface area contributed by atoms with Crippen molar-refractivity contribution >= 4 is 37.5 Å². The van der Waals surface area contributed by atoms with Crippen molar-refractivity contribution in [3.63, 3.8) is 0 Å². The fourth-order valence-corrected chi connectivity index (χ4v) is 11.4. The van der Waals surface area contributed by atoms with Gasteiger partial charge in [0.05, 0.1) is 5.67 Å². The van der Waals surface area contributed by atoms with Gasteiger partial charge in [0, 0.05) is 11.3 Å². The molecule has 0 aliphatic carbocycles. The minimum atomic E-state index is -2.15. The van der Waals surface area contributed by atoms with Crippen LogP contribution in [0.1, 0.15) is 26.7 Å². The fourth-order valence-electron chi connectivity index (χ4n) is 2.81. The van der Waals surface area contributed by atoms with Crippen molar-refractivity contribution < 1.29 is 13.0 Å². The Labute approximate surface area is 169 Å². The predicted molar refractivity (Wildman–Crippen MR) is 123 cm³/mol. The van der Waals surface area contributed by atoms with Gasteiger partial charge in [0.15, 0.2) is 16.6 Å². The van der Waals surface area contributed by atoms with Crippen molar-refractivity contribution in [1.29, 1.82) is 0 Å². The lowest BCUT2D eigenvalue weighted by Gasteiger charge is -2.40. The van der Waals surface area contributed by atoms with Crippen molar-refractivity contribution in [3.05, 3.63) is 42.5 Å². The lowest BCUT2D eigenvalue weighted by atomic mass is 10.2. The van der Waals surface area contributed by atoms with Crippen molar-refractivity contribution in [2.75, 3.05) is 4.90 Å². The van der Waals surface area contributed by atoms with Crippen LogP contribution in [0.4, 0.5) is 5.69 Å². The molecule has 0 radical (unpaired) electrons. The Balaban J connectivity index is 3.45. The van der Waals surface area contributed by atoms with E-state index in [-0.39, 0.29) is 11.6 Å². The molecule has 0 saturated carbocycles. The zero-order valence-electron chi connectivity index (χ0n) is 18.3. The molecule has 0 aliphatic rings. The van der Waals surface area contributed by atoms with E-state index in [1.807, 2.05) is 35.2 Å². The third-order valence-corrected chi connectivity index (χ3v) is 12.6. The first-order chi connectivity index (χ1) is 12.4. The molecule has 0 N–H and O–H groups in total. The number of carbonyl (C=O) groups is 1. The molecule has 1 atom stereocenters. The number of rotatable bonds is 10. The second kappa shape index (κ2) is 9.97. The number of nitrogens with zero attached hydrogens (tertiary/aromatic N) is 1. The molecule has 1 aromatic rings. The quantitative estimate of drug-likeness (QED) is 0.382. The summed E-state index contributed by atoms with van der Waals surface area (Å²) in [4.78, 5) is 15.0. The molecule has 1 unspecified atom stereocenters. The van der Waals surface area contributed by atoms with Crippen LogP contribution in [0.3, 0.4) is 0 Å². The maximum atomic E-state index is 13.2. The Morgan fingerprint density at radius 1 is 1.07 bits per heavy atom. The Morgan fingerprint density at radius 3 is 1.93 bits per heavy atom. The number of para-hydroxylation sites is 1. The van der Waals surface area contributed by atoms with E-state index in [0.29, 0.717) is 5.57 Å². The monoisotopic (exact) mass is 423 g/mol. The minimum Gasteiger partial charge on any atom is -0.438 e. The van der Waals surface area contributed by atoms with Crippen LogP contribution in [0.15, 0.2) is 42.5 Å². The van der Waals surface area contributed by atoms with Gasteiger partial charge < -0.3 is 13.1 Å². The first kappa shape index (κ1) is 24.0. The average Bonchev–Trinajstić information content (AvgIpc) is 2.51. The molecular formula is C20H37NO3Si3. The van der Waals surface area contributed by atoms with Gasteiger partial charge in [0.25, 0.3) is 5.91 Å². The SMILES string of the molecule is C=C(C)C(=O)N(c1ccccc1)C(CCC)[SiH](O[Si](C)(C)C)O[Si](C)(C)C. The highest BCUT2D eigenvalue weighted by Crippen LogP contribution is 2.26. The zero-order chi connectivity index (χ0) is 20.8. The van der Waals surface area contributed by atoms with E-state index in [9.17, 15) is 4.79 Å². The molecule has 1 aromatic carbocycles. The number of carbonyl (C=O) groups excluding carboxylic acids is 1. The number of amides is 1. The fraction of sp³-hybridized carbons (Fsp3) is 0.550. The first-order valence-electron chi connectivity index (χ1n) is 9.75. The van der Waals surface area contributed by atoms with E-state index in [4.69, 9.17) is 8.23 Å². The third-order valence-electron chi connectivity index (χ3n) is 3.79. The standard InChI is InChI=1S/C20H37NO3Si3/c1-10-14-19(25(23-26(4,5)6)24-27(7,8)9)21(20(22)17(2)3)18-15-12-11-13-16-18/h11-13,15-16,19,25H,2,10,14H2,1,3-9H3. The van der Waals surface area contributed by atoms with Crippen molar-refractivity contribution in [3.8, 4) is 0 Å². The number of hydrogen-bond donors (Lipinski definition) is 0. The van der Waals surface area contributed by atoms with Gasteiger partial charge in [-0.25, -0.2) is 0 Å². The molecule has 0 fully saturated rings. The molecule has 7 heteroatoms. The Hall–Kier alpha value is -0.999.